The van der Waals surface area contributed by atoms with Crippen LogP contribution in [0.25, 0.3) is 10.9 Å². The van der Waals surface area contributed by atoms with E-state index in [1.807, 2.05) is 34.6 Å². The number of aryl methyl sites for hydroxylation is 1. The lowest BCUT2D eigenvalue weighted by Gasteiger charge is -2.26. The fourth-order valence-electron chi connectivity index (χ4n) is 2.06. The van der Waals surface area contributed by atoms with E-state index in [0.717, 1.165) is 5.56 Å². The summed E-state index contributed by atoms with van der Waals surface area (Å²) in [6.07, 6.45) is 0. The van der Waals surface area contributed by atoms with Gasteiger partial charge in [-0.2, -0.15) is 0 Å². The Morgan fingerprint density at radius 1 is 1.36 bits per heavy atom. The van der Waals surface area contributed by atoms with E-state index in [2.05, 4.69) is 9.71 Å². The molecule has 0 aliphatic carbocycles. The van der Waals surface area contributed by atoms with Crippen LogP contribution in [-0.2, 0) is 11.4 Å². The first-order valence-electron chi connectivity index (χ1n) is 7.04. The zero-order valence-corrected chi connectivity index (χ0v) is 14.9. The molecule has 2 aromatic rings. The summed E-state index contributed by atoms with van der Waals surface area (Å²) >= 11 is 5.00. The third-order valence-electron chi connectivity index (χ3n) is 3.42. The van der Waals surface area contributed by atoms with Crippen LogP contribution < -0.4 is 4.72 Å². The number of halogens is 2. The fraction of sp³-hybridized carbons (Fsp3) is 0.438. The quantitative estimate of drug-likeness (QED) is 0.662. The number of hydrogen-bond donors (Lipinski definition) is 1. The highest BCUT2D eigenvalue weighted by atomic mass is 35.5. The van der Waals surface area contributed by atoms with Crippen molar-refractivity contribution in [3.8, 4) is 0 Å². The largest absolute Gasteiger partial charge is 0.598 e. The molecule has 1 aromatic carbocycles. The van der Waals surface area contributed by atoms with E-state index in [1.54, 1.807) is 12.1 Å². The Kier molecular flexibility index (Phi) is 5.02. The molecule has 2 atom stereocenters. The van der Waals surface area contributed by atoms with Gasteiger partial charge in [-0.05, 0) is 52.3 Å². The molecule has 0 amide bonds. The van der Waals surface area contributed by atoms with Gasteiger partial charge in [0.2, 0.25) is 0 Å². The summed E-state index contributed by atoms with van der Waals surface area (Å²) in [4.78, 5) is 4.31. The highest BCUT2D eigenvalue weighted by molar-refractivity contribution is 7.90. The maximum atomic E-state index is 14.0. The number of nitrogens with zero attached hydrogens (tertiary/aromatic N) is 1. The van der Waals surface area contributed by atoms with E-state index >= 15 is 0 Å². The lowest BCUT2D eigenvalue weighted by Crippen LogP contribution is -2.40. The van der Waals surface area contributed by atoms with E-state index < -0.39 is 16.1 Å². The van der Waals surface area contributed by atoms with Gasteiger partial charge in [-0.25, -0.2) is 9.37 Å². The molecular formula is C16H20ClFN2OS. The lowest BCUT2D eigenvalue weighted by molar-refractivity contribution is 0.531. The van der Waals surface area contributed by atoms with E-state index in [-0.39, 0.29) is 11.9 Å². The number of rotatable bonds is 3. The van der Waals surface area contributed by atoms with Crippen molar-refractivity contribution in [2.24, 2.45) is 0 Å². The second-order valence-electron chi connectivity index (χ2n) is 6.35. The molecule has 0 saturated heterocycles. The molecule has 120 valence electrons. The smallest absolute Gasteiger partial charge is 0.136 e. The van der Waals surface area contributed by atoms with Crippen LogP contribution in [0.2, 0.25) is 5.15 Å². The van der Waals surface area contributed by atoms with Crippen LogP contribution in [0.3, 0.4) is 0 Å². The molecule has 3 nitrogen and oxygen atoms in total. The van der Waals surface area contributed by atoms with E-state index in [1.165, 1.54) is 6.07 Å². The Bertz CT molecular complexity index is 703. The molecule has 1 N–H and O–H groups in total. The van der Waals surface area contributed by atoms with Gasteiger partial charge in [0.25, 0.3) is 0 Å². The first-order chi connectivity index (χ1) is 10.1. The van der Waals surface area contributed by atoms with Gasteiger partial charge in [-0.1, -0.05) is 17.7 Å². The summed E-state index contributed by atoms with van der Waals surface area (Å²) in [5.74, 6) is -0.338. The third kappa shape index (κ3) is 3.54. The zero-order chi connectivity index (χ0) is 16.7. The SMILES string of the molecule is Cc1ccc(F)c2cc([C@H](C)N[S@+]([O-])C(C)(C)C)c(Cl)nc12. The van der Waals surface area contributed by atoms with Crippen LogP contribution >= 0.6 is 11.6 Å². The Hall–Kier alpha value is -0.880. The van der Waals surface area contributed by atoms with E-state index in [9.17, 15) is 8.94 Å². The van der Waals surface area contributed by atoms with Crippen molar-refractivity contribution >= 4 is 33.9 Å². The molecule has 1 heterocycles. The molecule has 0 radical (unpaired) electrons. The molecule has 0 aliphatic heterocycles. The van der Waals surface area contributed by atoms with Crippen molar-refractivity contribution < 1.29 is 8.94 Å². The molecule has 2 rings (SSSR count). The standard InChI is InChI=1S/C16H20ClFN2OS/c1-9-6-7-13(18)12-8-11(15(17)19-14(9)12)10(2)20-22(21)16(3,4)5/h6-8,10,20H,1-5H3/t10-,22+/m0/s1. The molecular weight excluding hydrogens is 323 g/mol. The number of benzene rings is 1. The monoisotopic (exact) mass is 342 g/mol. The summed E-state index contributed by atoms with van der Waals surface area (Å²) in [6, 6.07) is 4.48. The summed E-state index contributed by atoms with van der Waals surface area (Å²) in [7, 11) is 0. The molecule has 0 spiro atoms. The molecule has 0 fully saturated rings. The maximum Gasteiger partial charge on any atom is 0.136 e. The van der Waals surface area contributed by atoms with Crippen LogP contribution in [0.15, 0.2) is 18.2 Å². The van der Waals surface area contributed by atoms with Gasteiger partial charge >= 0.3 is 0 Å². The van der Waals surface area contributed by atoms with Crippen molar-refractivity contribution in [3.05, 3.63) is 40.3 Å². The third-order valence-corrected chi connectivity index (χ3v) is 5.40. The first-order valence-corrected chi connectivity index (χ1v) is 8.57. The second kappa shape index (κ2) is 6.32. The van der Waals surface area contributed by atoms with Crippen molar-refractivity contribution in [1.82, 2.24) is 9.71 Å². The Labute approximate surface area is 138 Å². The Balaban J connectivity index is 2.43. The maximum absolute atomic E-state index is 14.0. The highest BCUT2D eigenvalue weighted by Crippen LogP contribution is 2.30. The van der Waals surface area contributed by atoms with Gasteiger partial charge in [0.05, 0.1) is 11.6 Å². The predicted molar refractivity (Wildman–Crippen MR) is 90.9 cm³/mol. The normalized spacial score (nSPS) is 15.1. The van der Waals surface area contributed by atoms with Crippen LogP contribution in [0.1, 0.15) is 44.9 Å². The Morgan fingerprint density at radius 2 is 2.00 bits per heavy atom. The van der Waals surface area contributed by atoms with Crippen LogP contribution in [-0.4, -0.2) is 14.3 Å². The van der Waals surface area contributed by atoms with Crippen LogP contribution in [0.4, 0.5) is 4.39 Å². The fourth-order valence-corrected chi connectivity index (χ4v) is 3.16. The van der Waals surface area contributed by atoms with Gasteiger partial charge in [-0.3, -0.25) is 0 Å². The van der Waals surface area contributed by atoms with E-state index in [4.69, 9.17) is 11.6 Å². The number of nitrogens with one attached hydrogen (secondary N) is 1. The minimum atomic E-state index is -1.25. The Morgan fingerprint density at radius 3 is 2.59 bits per heavy atom. The van der Waals surface area contributed by atoms with Crippen LogP contribution in [0.5, 0.6) is 0 Å². The molecule has 0 saturated carbocycles. The minimum Gasteiger partial charge on any atom is -0.598 e. The highest BCUT2D eigenvalue weighted by Gasteiger charge is 2.29. The van der Waals surface area contributed by atoms with E-state index in [0.29, 0.717) is 21.6 Å². The number of pyridine rings is 1. The number of fused-ring (bicyclic) bond motifs is 1. The molecule has 0 aliphatic rings. The summed E-state index contributed by atoms with van der Waals surface area (Å²) in [5.41, 5.74) is 2.05. The zero-order valence-electron chi connectivity index (χ0n) is 13.3. The van der Waals surface area contributed by atoms with Crippen molar-refractivity contribution in [1.29, 1.82) is 0 Å². The van der Waals surface area contributed by atoms with Gasteiger partial charge in [0, 0.05) is 22.3 Å². The molecule has 22 heavy (non-hydrogen) atoms. The van der Waals surface area contributed by atoms with Crippen LogP contribution in [0, 0.1) is 12.7 Å². The minimum absolute atomic E-state index is 0.298. The van der Waals surface area contributed by atoms with Gasteiger partial charge in [-0.15, -0.1) is 4.72 Å². The average Bonchev–Trinajstić information content (AvgIpc) is 2.41. The average molecular weight is 343 g/mol. The molecule has 0 bridgehead atoms. The summed E-state index contributed by atoms with van der Waals surface area (Å²) < 4.78 is 28.8. The van der Waals surface area contributed by atoms with Crippen molar-refractivity contribution in [2.45, 2.75) is 45.4 Å². The topological polar surface area (TPSA) is 48.0 Å². The second-order valence-corrected chi connectivity index (χ2v) is 8.71. The van der Waals surface area contributed by atoms with Gasteiger partial charge in [0.1, 0.15) is 15.7 Å². The molecule has 1 aromatic heterocycles. The summed E-state index contributed by atoms with van der Waals surface area (Å²) in [5, 5.41) is 0.724. The number of hydrogen-bond acceptors (Lipinski definition) is 3. The number of aromatic nitrogens is 1. The van der Waals surface area contributed by atoms with Gasteiger partial charge < -0.3 is 4.55 Å². The predicted octanol–water partition coefficient (Wildman–Crippen LogP) is 4.45. The molecule has 6 heteroatoms. The summed E-state index contributed by atoms with van der Waals surface area (Å²) in [6.45, 7) is 9.34. The first kappa shape index (κ1) is 17.5. The van der Waals surface area contributed by atoms with Crippen molar-refractivity contribution in [2.75, 3.05) is 0 Å². The van der Waals surface area contributed by atoms with Gasteiger partial charge in [0.15, 0.2) is 0 Å². The van der Waals surface area contributed by atoms with Crippen molar-refractivity contribution in [3.63, 3.8) is 0 Å². The molecule has 0 unspecified atom stereocenters. The lowest BCUT2D eigenvalue weighted by atomic mass is 10.1.